The van der Waals surface area contributed by atoms with Gasteiger partial charge in [0.2, 0.25) is 0 Å². The van der Waals surface area contributed by atoms with Crippen LogP contribution in [0.5, 0.6) is 0 Å². The van der Waals surface area contributed by atoms with Crippen LogP contribution in [-0.4, -0.2) is 31.6 Å². The molecule has 3 nitrogen and oxygen atoms in total. The van der Waals surface area contributed by atoms with E-state index >= 15 is 0 Å². The first-order valence-electron chi connectivity index (χ1n) is 4.10. The van der Waals surface area contributed by atoms with E-state index < -0.39 is 0 Å². The maximum atomic E-state index is 5.88. The van der Waals surface area contributed by atoms with Crippen LogP contribution in [-0.2, 0) is 6.42 Å². The number of likely N-dealkylation sites (N-methyl/N-ethyl adjacent to an activating group) is 1. The molecule has 3 heteroatoms. The summed E-state index contributed by atoms with van der Waals surface area (Å²) in [5.41, 5.74) is 7.05. The van der Waals surface area contributed by atoms with Crippen molar-refractivity contribution >= 4 is 0 Å². The van der Waals surface area contributed by atoms with Gasteiger partial charge in [-0.05, 0) is 32.1 Å². The van der Waals surface area contributed by atoms with E-state index in [4.69, 9.17) is 10.2 Å². The lowest BCUT2D eigenvalue weighted by molar-refractivity contribution is 0.371. The Labute approximate surface area is 73.2 Å². The summed E-state index contributed by atoms with van der Waals surface area (Å²) < 4.78 is 4.95. The van der Waals surface area contributed by atoms with Crippen LogP contribution >= 0.6 is 0 Å². The van der Waals surface area contributed by atoms with Crippen molar-refractivity contribution in [1.82, 2.24) is 4.90 Å². The van der Waals surface area contributed by atoms with E-state index in [0.29, 0.717) is 0 Å². The van der Waals surface area contributed by atoms with Crippen molar-refractivity contribution in [2.24, 2.45) is 5.73 Å². The van der Waals surface area contributed by atoms with Gasteiger partial charge in [0.25, 0.3) is 0 Å². The second-order valence-corrected chi connectivity index (χ2v) is 3.36. The zero-order valence-corrected chi connectivity index (χ0v) is 7.66. The predicted octanol–water partition coefficient (Wildman–Crippen LogP) is 0.711. The van der Waals surface area contributed by atoms with Gasteiger partial charge in [-0.15, -0.1) is 0 Å². The van der Waals surface area contributed by atoms with Gasteiger partial charge in [0.05, 0.1) is 12.5 Å². The molecular formula is C9H16N2O. The molecule has 2 N–H and O–H groups in total. The third-order valence-corrected chi connectivity index (χ3v) is 1.68. The lowest BCUT2D eigenvalue weighted by atomic mass is 10.1. The van der Waals surface area contributed by atoms with E-state index in [1.807, 2.05) is 20.2 Å². The number of rotatable bonds is 4. The Hall–Kier alpha value is -0.800. The van der Waals surface area contributed by atoms with Crippen molar-refractivity contribution in [2.75, 3.05) is 20.6 Å². The minimum Gasteiger partial charge on any atom is -0.472 e. The molecule has 1 heterocycles. The van der Waals surface area contributed by atoms with Crippen LogP contribution in [0.1, 0.15) is 5.56 Å². The molecule has 1 unspecified atom stereocenters. The molecule has 0 saturated carbocycles. The maximum Gasteiger partial charge on any atom is 0.0935 e. The van der Waals surface area contributed by atoms with Crippen LogP contribution in [0.4, 0.5) is 0 Å². The van der Waals surface area contributed by atoms with Gasteiger partial charge in [-0.2, -0.15) is 0 Å². The molecule has 0 amide bonds. The van der Waals surface area contributed by atoms with Crippen molar-refractivity contribution in [1.29, 1.82) is 0 Å². The van der Waals surface area contributed by atoms with E-state index in [9.17, 15) is 0 Å². The van der Waals surface area contributed by atoms with Crippen LogP contribution < -0.4 is 5.73 Å². The molecule has 0 radical (unpaired) electrons. The standard InChI is InChI=1S/C9H16N2O/c1-11(2)6-9(10)5-8-3-4-12-7-8/h3-4,7,9H,5-6,10H2,1-2H3. The highest BCUT2D eigenvalue weighted by atomic mass is 16.3. The summed E-state index contributed by atoms with van der Waals surface area (Å²) in [5, 5.41) is 0. The van der Waals surface area contributed by atoms with Gasteiger partial charge >= 0.3 is 0 Å². The predicted molar refractivity (Wildman–Crippen MR) is 48.9 cm³/mol. The summed E-state index contributed by atoms with van der Waals surface area (Å²) in [6.45, 7) is 0.908. The van der Waals surface area contributed by atoms with E-state index in [1.165, 1.54) is 5.56 Å². The number of nitrogens with two attached hydrogens (primary N) is 1. The Bertz CT molecular complexity index is 206. The first kappa shape index (κ1) is 9.29. The van der Waals surface area contributed by atoms with Gasteiger partial charge in [0.1, 0.15) is 0 Å². The van der Waals surface area contributed by atoms with Gasteiger partial charge < -0.3 is 15.1 Å². The largest absolute Gasteiger partial charge is 0.472 e. The van der Waals surface area contributed by atoms with Gasteiger partial charge in [0, 0.05) is 12.6 Å². The Kier molecular flexibility index (Phi) is 3.31. The van der Waals surface area contributed by atoms with E-state index in [-0.39, 0.29) is 6.04 Å². The summed E-state index contributed by atoms with van der Waals surface area (Å²) >= 11 is 0. The van der Waals surface area contributed by atoms with Crippen LogP contribution in [0, 0.1) is 0 Å². The fourth-order valence-corrected chi connectivity index (χ4v) is 1.25. The Morgan fingerprint density at radius 3 is 2.83 bits per heavy atom. The fourth-order valence-electron chi connectivity index (χ4n) is 1.25. The second-order valence-electron chi connectivity index (χ2n) is 3.36. The molecule has 1 aromatic heterocycles. The molecule has 1 aromatic rings. The molecule has 0 fully saturated rings. The lowest BCUT2D eigenvalue weighted by Gasteiger charge is -2.15. The minimum absolute atomic E-state index is 0.192. The first-order chi connectivity index (χ1) is 5.68. The van der Waals surface area contributed by atoms with Crippen LogP contribution in [0.2, 0.25) is 0 Å². The SMILES string of the molecule is CN(C)CC(N)Cc1ccoc1. The number of hydrogen-bond donors (Lipinski definition) is 1. The average molecular weight is 168 g/mol. The van der Waals surface area contributed by atoms with E-state index in [2.05, 4.69) is 4.90 Å². The van der Waals surface area contributed by atoms with Crippen molar-refractivity contribution < 1.29 is 4.42 Å². The molecule has 1 rings (SSSR count). The molecular weight excluding hydrogens is 152 g/mol. The van der Waals surface area contributed by atoms with Gasteiger partial charge in [-0.25, -0.2) is 0 Å². The van der Waals surface area contributed by atoms with Crippen LogP contribution in [0.3, 0.4) is 0 Å². The third kappa shape index (κ3) is 3.07. The normalized spacial score (nSPS) is 13.7. The third-order valence-electron chi connectivity index (χ3n) is 1.68. The summed E-state index contributed by atoms with van der Waals surface area (Å²) in [4.78, 5) is 2.09. The molecule has 0 aliphatic heterocycles. The molecule has 0 bridgehead atoms. The molecule has 0 aromatic carbocycles. The zero-order chi connectivity index (χ0) is 8.97. The Balaban J connectivity index is 2.32. The van der Waals surface area contributed by atoms with Gasteiger partial charge in [-0.1, -0.05) is 0 Å². The van der Waals surface area contributed by atoms with Crippen molar-refractivity contribution in [2.45, 2.75) is 12.5 Å². The number of nitrogens with zero attached hydrogens (tertiary/aromatic N) is 1. The topological polar surface area (TPSA) is 42.4 Å². The summed E-state index contributed by atoms with van der Waals surface area (Å²) in [6, 6.07) is 2.15. The van der Waals surface area contributed by atoms with Gasteiger partial charge in [0.15, 0.2) is 0 Å². The maximum absolute atomic E-state index is 5.88. The van der Waals surface area contributed by atoms with Gasteiger partial charge in [-0.3, -0.25) is 0 Å². The highest BCUT2D eigenvalue weighted by Gasteiger charge is 2.05. The van der Waals surface area contributed by atoms with Crippen molar-refractivity contribution in [3.8, 4) is 0 Å². The highest BCUT2D eigenvalue weighted by Crippen LogP contribution is 2.02. The summed E-state index contributed by atoms with van der Waals surface area (Å²) in [6.07, 6.45) is 4.31. The average Bonchev–Trinajstić information content (AvgIpc) is 2.37. The summed E-state index contributed by atoms with van der Waals surface area (Å²) in [5.74, 6) is 0. The molecule has 68 valence electrons. The molecule has 0 spiro atoms. The van der Waals surface area contributed by atoms with Crippen molar-refractivity contribution in [3.63, 3.8) is 0 Å². The van der Waals surface area contributed by atoms with Crippen LogP contribution in [0.15, 0.2) is 23.0 Å². The smallest absolute Gasteiger partial charge is 0.0935 e. The molecule has 0 aliphatic rings. The molecule has 0 aliphatic carbocycles. The Morgan fingerprint density at radius 1 is 1.58 bits per heavy atom. The lowest BCUT2D eigenvalue weighted by Crippen LogP contribution is -2.34. The first-order valence-corrected chi connectivity index (χ1v) is 4.10. The summed E-state index contributed by atoms with van der Waals surface area (Å²) in [7, 11) is 4.05. The minimum atomic E-state index is 0.192. The van der Waals surface area contributed by atoms with Crippen LogP contribution in [0.25, 0.3) is 0 Å². The zero-order valence-electron chi connectivity index (χ0n) is 7.66. The van der Waals surface area contributed by atoms with E-state index in [1.54, 1.807) is 12.5 Å². The second kappa shape index (κ2) is 4.28. The fraction of sp³-hybridized carbons (Fsp3) is 0.556. The van der Waals surface area contributed by atoms with Crippen molar-refractivity contribution in [3.05, 3.63) is 24.2 Å². The monoisotopic (exact) mass is 168 g/mol. The number of hydrogen-bond acceptors (Lipinski definition) is 3. The van der Waals surface area contributed by atoms with E-state index in [0.717, 1.165) is 13.0 Å². The Morgan fingerprint density at radius 2 is 2.33 bits per heavy atom. The quantitative estimate of drug-likeness (QED) is 0.720. The molecule has 0 saturated heterocycles. The molecule has 12 heavy (non-hydrogen) atoms. The number of furan rings is 1. The molecule has 1 atom stereocenters. The highest BCUT2D eigenvalue weighted by molar-refractivity contribution is 5.07.